The molecule has 0 aromatic heterocycles. The van der Waals surface area contributed by atoms with Crippen LogP contribution in [0.5, 0.6) is 0 Å². The largest absolute Gasteiger partial charge is 0.0718 e. The van der Waals surface area contributed by atoms with E-state index in [2.05, 4.69) is 166 Å². The number of hydrogen-bond donors (Lipinski definition) is 0. The van der Waals surface area contributed by atoms with Crippen molar-refractivity contribution in [2.24, 2.45) is 5.92 Å². The van der Waals surface area contributed by atoms with E-state index in [0.717, 1.165) is 0 Å². The maximum atomic E-state index is 2.60. The average molecular weight is 594 g/mol. The standard InChI is InChI=1S/C43H49Si/c1-27(2)37-26-39-34(30-19-23-32(24-20-30)43(7,8)9)14-12-16-36(39)41(37)44(10)40-28(3)25-38-33(13-11-15-35(38)40)29-17-21-31(22-18-29)42(4,5)6/h11-27,40-41H,1-10H3. The van der Waals surface area contributed by atoms with E-state index in [9.17, 15) is 0 Å². The maximum absolute atomic E-state index is 2.60. The Morgan fingerprint density at radius 3 is 1.43 bits per heavy atom. The fraction of sp³-hybridized carbons (Fsp3) is 0.349. The molecule has 0 aliphatic heterocycles. The Hall–Kier alpha value is -3.42. The zero-order valence-electron chi connectivity index (χ0n) is 28.5. The third kappa shape index (κ3) is 5.38. The van der Waals surface area contributed by atoms with Gasteiger partial charge in [-0.1, -0.05) is 170 Å². The molecule has 6 rings (SSSR count). The van der Waals surface area contributed by atoms with E-state index in [1.54, 1.807) is 5.57 Å². The highest BCUT2D eigenvalue weighted by Crippen LogP contribution is 2.51. The van der Waals surface area contributed by atoms with Gasteiger partial charge in [-0.15, -0.1) is 0 Å². The zero-order chi connectivity index (χ0) is 31.6. The lowest BCUT2D eigenvalue weighted by Gasteiger charge is -2.31. The molecule has 44 heavy (non-hydrogen) atoms. The second-order valence-corrected chi connectivity index (χ2v) is 18.2. The molecule has 0 bridgehead atoms. The van der Waals surface area contributed by atoms with Crippen LogP contribution in [-0.2, 0) is 10.8 Å². The number of benzene rings is 4. The number of hydrogen-bond acceptors (Lipinski definition) is 0. The molecule has 0 N–H and O–H groups in total. The van der Waals surface area contributed by atoms with Crippen LogP contribution in [0, 0.1) is 5.92 Å². The van der Waals surface area contributed by atoms with E-state index < -0.39 is 8.80 Å². The average Bonchev–Trinajstić information content (AvgIpc) is 3.54. The van der Waals surface area contributed by atoms with E-state index in [4.69, 9.17) is 0 Å². The molecule has 1 radical (unpaired) electrons. The molecule has 2 atom stereocenters. The molecular weight excluding hydrogens is 545 g/mol. The van der Waals surface area contributed by atoms with Gasteiger partial charge in [0, 0.05) is 0 Å². The van der Waals surface area contributed by atoms with Crippen molar-refractivity contribution >= 4 is 20.9 Å². The number of rotatable bonds is 5. The van der Waals surface area contributed by atoms with E-state index in [0.29, 0.717) is 17.0 Å². The normalized spacial score (nSPS) is 18.0. The van der Waals surface area contributed by atoms with Crippen LogP contribution < -0.4 is 0 Å². The molecule has 0 heterocycles. The molecule has 0 nitrogen and oxygen atoms in total. The first-order valence-corrected chi connectivity index (χ1v) is 18.6. The summed E-state index contributed by atoms with van der Waals surface area (Å²) in [5.74, 6) is 0.515. The highest BCUT2D eigenvalue weighted by molar-refractivity contribution is 6.63. The quantitative estimate of drug-likeness (QED) is 0.202. The first kappa shape index (κ1) is 30.6. The van der Waals surface area contributed by atoms with Crippen LogP contribution in [0.1, 0.15) is 107 Å². The highest BCUT2D eigenvalue weighted by atomic mass is 28.3. The van der Waals surface area contributed by atoms with Crippen molar-refractivity contribution in [3.05, 3.63) is 129 Å². The Kier molecular flexibility index (Phi) is 7.78. The van der Waals surface area contributed by atoms with E-state index in [1.807, 2.05) is 0 Å². The molecule has 0 saturated carbocycles. The molecule has 0 amide bonds. The van der Waals surface area contributed by atoms with Gasteiger partial charge in [0.1, 0.15) is 0 Å². The van der Waals surface area contributed by atoms with Gasteiger partial charge >= 0.3 is 0 Å². The van der Waals surface area contributed by atoms with Crippen molar-refractivity contribution in [1.29, 1.82) is 0 Å². The Morgan fingerprint density at radius 2 is 1.00 bits per heavy atom. The van der Waals surface area contributed by atoms with E-state index >= 15 is 0 Å². The number of fused-ring (bicyclic) bond motifs is 2. The molecule has 2 aliphatic carbocycles. The topological polar surface area (TPSA) is 0 Å². The lowest BCUT2D eigenvalue weighted by atomic mass is 9.86. The third-order valence-corrected chi connectivity index (χ3v) is 13.3. The third-order valence-electron chi connectivity index (χ3n) is 10.1. The van der Waals surface area contributed by atoms with Gasteiger partial charge in [0.15, 0.2) is 0 Å². The van der Waals surface area contributed by atoms with Crippen molar-refractivity contribution in [3.63, 3.8) is 0 Å². The van der Waals surface area contributed by atoms with Crippen LogP contribution in [0.15, 0.2) is 96.1 Å². The Morgan fingerprint density at radius 1 is 0.568 bits per heavy atom. The second-order valence-electron chi connectivity index (χ2n) is 15.6. The molecule has 2 aliphatic rings. The predicted molar refractivity (Wildman–Crippen MR) is 195 cm³/mol. The summed E-state index contributed by atoms with van der Waals surface area (Å²) in [6.45, 7) is 23.5. The van der Waals surface area contributed by atoms with Gasteiger partial charge in [-0.05, 0) is 90.4 Å². The van der Waals surface area contributed by atoms with Gasteiger partial charge in [0.05, 0.1) is 8.80 Å². The molecule has 225 valence electrons. The molecule has 1 heteroatoms. The van der Waals surface area contributed by atoms with Crippen molar-refractivity contribution in [3.8, 4) is 22.3 Å². The van der Waals surface area contributed by atoms with Crippen molar-refractivity contribution < 1.29 is 0 Å². The van der Waals surface area contributed by atoms with Gasteiger partial charge in [-0.2, -0.15) is 0 Å². The lowest BCUT2D eigenvalue weighted by molar-refractivity contribution is 0.590. The highest BCUT2D eigenvalue weighted by Gasteiger charge is 2.40. The molecule has 0 saturated heterocycles. The summed E-state index contributed by atoms with van der Waals surface area (Å²) in [4.78, 5) is 0. The first-order valence-electron chi connectivity index (χ1n) is 16.5. The minimum absolute atomic E-state index is 0.158. The van der Waals surface area contributed by atoms with Crippen molar-refractivity contribution in [2.45, 2.75) is 90.8 Å². The lowest BCUT2D eigenvalue weighted by Crippen LogP contribution is -2.30. The van der Waals surface area contributed by atoms with Gasteiger partial charge in [0.2, 0.25) is 0 Å². The van der Waals surface area contributed by atoms with Crippen molar-refractivity contribution in [2.75, 3.05) is 0 Å². The summed E-state index contributed by atoms with van der Waals surface area (Å²) in [5, 5.41) is 0. The van der Waals surface area contributed by atoms with Gasteiger partial charge < -0.3 is 0 Å². The summed E-state index contributed by atoms with van der Waals surface area (Å²) < 4.78 is 0. The van der Waals surface area contributed by atoms with E-state index in [-0.39, 0.29) is 10.8 Å². The molecule has 0 fully saturated rings. The minimum Gasteiger partial charge on any atom is -0.0695 e. The van der Waals surface area contributed by atoms with Crippen LogP contribution in [0.3, 0.4) is 0 Å². The Bertz CT molecular complexity index is 1750. The van der Waals surface area contributed by atoms with Gasteiger partial charge in [0.25, 0.3) is 0 Å². The fourth-order valence-electron chi connectivity index (χ4n) is 7.56. The smallest absolute Gasteiger partial charge is 0.0695 e. The van der Waals surface area contributed by atoms with Crippen LogP contribution in [0.25, 0.3) is 34.4 Å². The number of allylic oxidation sites excluding steroid dienone is 2. The monoisotopic (exact) mass is 593 g/mol. The summed E-state index contributed by atoms with van der Waals surface area (Å²) in [6.07, 6.45) is 5.07. The van der Waals surface area contributed by atoms with Crippen LogP contribution >= 0.6 is 0 Å². The summed E-state index contributed by atoms with van der Waals surface area (Å²) in [6, 6.07) is 32.7. The maximum Gasteiger partial charge on any atom is 0.0718 e. The second kappa shape index (κ2) is 11.2. The van der Waals surface area contributed by atoms with Gasteiger partial charge in [-0.3, -0.25) is 0 Å². The molecule has 0 spiro atoms. The summed E-state index contributed by atoms with van der Waals surface area (Å²) >= 11 is 0. The van der Waals surface area contributed by atoms with Crippen LogP contribution in [0.2, 0.25) is 6.55 Å². The Labute approximate surface area is 268 Å². The molecule has 4 aromatic carbocycles. The van der Waals surface area contributed by atoms with Gasteiger partial charge in [-0.25, -0.2) is 0 Å². The molecule has 4 aromatic rings. The summed E-state index contributed by atoms with van der Waals surface area (Å²) in [5.41, 5.74) is 18.6. The first-order chi connectivity index (χ1) is 20.8. The fourth-order valence-corrected chi connectivity index (χ4v) is 11.1. The zero-order valence-corrected chi connectivity index (χ0v) is 29.5. The minimum atomic E-state index is -0.894. The summed E-state index contributed by atoms with van der Waals surface area (Å²) in [7, 11) is -0.894. The predicted octanol–water partition coefficient (Wildman–Crippen LogP) is 12.2. The van der Waals surface area contributed by atoms with Crippen molar-refractivity contribution in [1.82, 2.24) is 0 Å². The van der Waals surface area contributed by atoms with E-state index in [1.165, 1.54) is 61.2 Å². The Balaban J connectivity index is 1.38. The SMILES string of the molecule is CC1=Cc2c(-c3ccc(C(C)(C)C)cc3)cccc2C1[Si](C)C1C(C(C)C)=Cc2c(-c3ccc(C(C)(C)C)cc3)cccc21. The molecule has 2 unspecified atom stereocenters. The van der Waals surface area contributed by atoms with Crippen LogP contribution in [0.4, 0.5) is 0 Å². The molecular formula is C43H49Si. The van der Waals surface area contributed by atoms with Crippen LogP contribution in [-0.4, -0.2) is 8.80 Å².